The number of Topliss-reactive ketones (excluding diaryl/α,β-unsaturated/α-hetero) is 1. The number of methoxy groups -OCH3 is 1. The monoisotopic (exact) mass is 576 g/mol. The Morgan fingerprint density at radius 2 is 1.98 bits per heavy atom. The quantitative estimate of drug-likeness (QED) is 0.163. The molecule has 0 radical (unpaired) electrons. The number of aliphatic hydroxyl groups is 1. The molecule has 0 saturated carbocycles. The van der Waals surface area contributed by atoms with Gasteiger partial charge in [0.15, 0.2) is 16.6 Å². The lowest BCUT2D eigenvalue weighted by Crippen LogP contribution is -2.29. The van der Waals surface area contributed by atoms with E-state index in [-0.39, 0.29) is 17.4 Å². The summed E-state index contributed by atoms with van der Waals surface area (Å²) in [6, 6.07) is 14.7. The number of halogens is 1. The zero-order chi connectivity index (χ0) is 28.1. The van der Waals surface area contributed by atoms with Crippen molar-refractivity contribution in [3.63, 3.8) is 0 Å². The number of hydrogen-bond acceptors (Lipinski definition) is 8. The Kier molecular flexibility index (Phi) is 6.64. The van der Waals surface area contributed by atoms with Crippen LogP contribution in [0.3, 0.4) is 0 Å². The number of ether oxygens (including phenoxy) is 3. The van der Waals surface area contributed by atoms with Crippen molar-refractivity contribution in [1.29, 1.82) is 0 Å². The average molecular weight is 577 g/mol. The van der Waals surface area contributed by atoms with E-state index in [2.05, 4.69) is 4.98 Å². The van der Waals surface area contributed by atoms with Crippen LogP contribution in [0.4, 0.5) is 5.13 Å². The second-order valence-corrected chi connectivity index (χ2v) is 11.0. The van der Waals surface area contributed by atoms with E-state index < -0.39 is 17.7 Å². The Morgan fingerprint density at radius 1 is 1.15 bits per heavy atom. The molecule has 0 bridgehead atoms. The minimum absolute atomic E-state index is 0.0156. The van der Waals surface area contributed by atoms with Crippen molar-refractivity contribution in [3.8, 4) is 17.2 Å². The number of benzene rings is 3. The number of fused-ring (bicyclic) bond motifs is 2. The molecule has 204 valence electrons. The summed E-state index contributed by atoms with van der Waals surface area (Å²) in [7, 11) is 1.52. The second-order valence-electron chi connectivity index (χ2n) is 9.58. The predicted octanol–water partition coefficient (Wildman–Crippen LogP) is 6.31. The van der Waals surface area contributed by atoms with Gasteiger partial charge in [-0.15, -0.1) is 0 Å². The SMILES string of the molecule is CCOc1ccc([C@@H]2/C(=C(\O)c3ccc4c(c3)C[C@@H](C)O4)C(=O)C(=O)N2c2nc3ccc(Cl)cc3s2)cc1OC. The average Bonchev–Trinajstić information content (AvgIpc) is 3.60. The van der Waals surface area contributed by atoms with Crippen molar-refractivity contribution >= 4 is 55.7 Å². The van der Waals surface area contributed by atoms with Crippen LogP contribution in [0, 0.1) is 0 Å². The van der Waals surface area contributed by atoms with Crippen LogP contribution in [-0.2, 0) is 16.0 Å². The number of rotatable bonds is 6. The number of nitrogens with zero attached hydrogens (tertiary/aromatic N) is 2. The molecule has 1 amide bonds. The Bertz CT molecular complexity index is 1710. The summed E-state index contributed by atoms with van der Waals surface area (Å²) in [5.74, 6) is -0.172. The number of hydrogen-bond donors (Lipinski definition) is 1. The number of aliphatic hydroxyl groups excluding tert-OH is 1. The van der Waals surface area contributed by atoms with Gasteiger partial charge in [0.2, 0.25) is 0 Å². The van der Waals surface area contributed by atoms with Gasteiger partial charge in [0.05, 0.1) is 35.5 Å². The number of amides is 1. The molecule has 1 N–H and O–H groups in total. The normalized spacial score (nSPS) is 19.6. The fourth-order valence-corrected chi connectivity index (χ4v) is 6.46. The van der Waals surface area contributed by atoms with Gasteiger partial charge >= 0.3 is 5.91 Å². The van der Waals surface area contributed by atoms with Crippen LogP contribution >= 0.6 is 22.9 Å². The Morgan fingerprint density at radius 3 is 2.75 bits per heavy atom. The van der Waals surface area contributed by atoms with Crippen LogP contribution in [0.2, 0.25) is 5.02 Å². The molecule has 40 heavy (non-hydrogen) atoms. The molecule has 0 aliphatic carbocycles. The number of carbonyl (C=O) groups excluding carboxylic acids is 2. The molecule has 1 aromatic heterocycles. The fraction of sp³-hybridized carbons (Fsp3) is 0.233. The number of thiazole rings is 1. The van der Waals surface area contributed by atoms with Gasteiger partial charge in [0.1, 0.15) is 17.6 Å². The first-order chi connectivity index (χ1) is 19.3. The molecule has 0 spiro atoms. The van der Waals surface area contributed by atoms with E-state index in [0.29, 0.717) is 51.3 Å². The molecule has 6 rings (SSSR count). The maximum atomic E-state index is 13.6. The molecule has 2 aliphatic rings. The summed E-state index contributed by atoms with van der Waals surface area (Å²) in [5.41, 5.74) is 2.50. The third-order valence-electron chi connectivity index (χ3n) is 6.96. The number of anilines is 1. The zero-order valence-corrected chi connectivity index (χ0v) is 23.5. The fourth-order valence-electron chi connectivity index (χ4n) is 5.19. The van der Waals surface area contributed by atoms with E-state index >= 15 is 0 Å². The van der Waals surface area contributed by atoms with Gasteiger partial charge in [-0.05, 0) is 73.5 Å². The van der Waals surface area contributed by atoms with E-state index in [4.69, 9.17) is 25.8 Å². The van der Waals surface area contributed by atoms with E-state index in [1.807, 2.05) is 13.8 Å². The van der Waals surface area contributed by atoms with Crippen molar-refractivity contribution in [2.75, 3.05) is 18.6 Å². The third kappa shape index (κ3) is 4.35. The highest BCUT2D eigenvalue weighted by Crippen LogP contribution is 2.46. The molecule has 1 saturated heterocycles. The molecular formula is C30H25ClN2O6S. The molecule has 1 fully saturated rings. The lowest BCUT2D eigenvalue weighted by molar-refractivity contribution is -0.132. The van der Waals surface area contributed by atoms with Gasteiger partial charge in [0.25, 0.3) is 5.78 Å². The summed E-state index contributed by atoms with van der Waals surface area (Å²) in [5, 5.41) is 12.4. The molecule has 2 aliphatic heterocycles. The van der Waals surface area contributed by atoms with Crippen molar-refractivity contribution in [2.24, 2.45) is 0 Å². The van der Waals surface area contributed by atoms with Gasteiger partial charge in [0, 0.05) is 17.0 Å². The Labute approximate surface area is 239 Å². The highest BCUT2D eigenvalue weighted by Gasteiger charge is 2.48. The molecule has 8 nitrogen and oxygen atoms in total. The second kappa shape index (κ2) is 10.1. The summed E-state index contributed by atoms with van der Waals surface area (Å²) in [6.45, 7) is 4.27. The Balaban J connectivity index is 1.55. The van der Waals surface area contributed by atoms with Crippen LogP contribution in [-0.4, -0.2) is 41.6 Å². The van der Waals surface area contributed by atoms with Crippen LogP contribution in [0.5, 0.6) is 17.2 Å². The minimum atomic E-state index is -0.968. The zero-order valence-electron chi connectivity index (χ0n) is 21.9. The van der Waals surface area contributed by atoms with Gasteiger partial charge in [-0.2, -0.15) is 0 Å². The highest BCUT2D eigenvalue weighted by molar-refractivity contribution is 7.22. The smallest absolute Gasteiger partial charge is 0.301 e. The van der Waals surface area contributed by atoms with E-state index in [0.717, 1.165) is 16.0 Å². The molecule has 0 unspecified atom stereocenters. The highest BCUT2D eigenvalue weighted by atomic mass is 35.5. The van der Waals surface area contributed by atoms with Crippen LogP contribution < -0.4 is 19.1 Å². The first kappa shape index (κ1) is 26.2. The van der Waals surface area contributed by atoms with Crippen molar-refractivity contribution in [3.05, 3.63) is 81.9 Å². The maximum absolute atomic E-state index is 13.6. The van der Waals surface area contributed by atoms with Crippen molar-refractivity contribution in [2.45, 2.75) is 32.4 Å². The molecule has 3 aromatic carbocycles. The maximum Gasteiger partial charge on any atom is 0.301 e. The number of ketones is 1. The first-order valence-electron chi connectivity index (χ1n) is 12.8. The first-order valence-corrected chi connectivity index (χ1v) is 14.0. The number of aromatic nitrogens is 1. The molecule has 10 heteroatoms. The lowest BCUT2D eigenvalue weighted by Gasteiger charge is -2.24. The molecule has 4 aromatic rings. The molecular weight excluding hydrogens is 552 g/mol. The van der Waals surface area contributed by atoms with E-state index in [1.54, 1.807) is 54.6 Å². The van der Waals surface area contributed by atoms with Crippen LogP contribution in [0.15, 0.2) is 60.2 Å². The topological polar surface area (TPSA) is 98.2 Å². The van der Waals surface area contributed by atoms with Gasteiger partial charge < -0.3 is 19.3 Å². The van der Waals surface area contributed by atoms with Crippen molar-refractivity contribution < 1.29 is 28.9 Å². The summed E-state index contributed by atoms with van der Waals surface area (Å²) >= 11 is 7.43. The van der Waals surface area contributed by atoms with Crippen LogP contribution in [0.1, 0.15) is 36.6 Å². The Hall–Kier alpha value is -4.08. The summed E-state index contributed by atoms with van der Waals surface area (Å²) in [6.07, 6.45) is 0.695. The van der Waals surface area contributed by atoms with Gasteiger partial charge in [-0.1, -0.05) is 29.0 Å². The lowest BCUT2D eigenvalue weighted by atomic mass is 9.94. The molecule has 3 heterocycles. The summed E-state index contributed by atoms with van der Waals surface area (Å²) < 4.78 is 17.8. The number of carbonyl (C=O) groups is 2. The predicted molar refractivity (Wildman–Crippen MR) is 154 cm³/mol. The van der Waals surface area contributed by atoms with Gasteiger partial charge in [-0.25, -0.2) is 4.98 Å². The van der Waals surface area contributed by atoms with Crippen molar-refractivity contribution in [1.82, 2.24) is 4.98 Å². The van der Waals surface area contributed by atoms with Crippen LogP contribution in [0.25, 0.3) is 16.0 Å². The largest absolute Gasteiger partial charge is 0.507 e. The minimum Gasteiger partial charge on any atom is -0.507 e. The standard InChI is InChI=1S/C30H25ClN2O6S/c1-4-38-22-10-5-16(13-23(22)37-3)26-25(27(34)17-6-9-21-18(12-17)11-15(2)39-21)28(35)29(36)33(26)30-32-20-8-7-19(31)14-24(20)40-30/h5-10,12-15,26,34H,4,11H2,1-3H3/b27-25+/t15-,26-/m1/s1. The molecule has 2 atom stereocenters. The van der Waals surface area contributed by atoms with E-state index in [1.165, 1.54) is 23.3 Å². The van der Waals surface area contributed by atoms with E-state index in [9.17, 15) is 14.7 Å². The van der Waals surface area contributed by atoms with Gasteiger partial charge in [-0.3, -0.25) is 14.5 Å². The summed E-state index contributed by atoms with van der Waals surface area (Å²) in [4.78, 5) is 33.2. The third-order valence-corrected chi connectivity index (χ3v) is 8.21.